The molecule has 5 rings (SSSR count). The van der Waals surface area contributed by atoms with Crippen molar-refractivity contribution >= 4 is 28.5 Å². The standard InChI is InChI=1S/C25H24N2O3/c1-16-14-17-8-2-7-13-22(17)27(16)23(28)15-30-25(29)24-18-9-3-5-11-20(18)26-21-12-6-4-10-19(21)24/h2-3,5,7-9,11,13,16H,4,6,10,12,14-15H2,1H3/t16-/m1/s1. The lowest BCUT2D eigenvalue weighted by Crippen LogP contribution is -2.38. The smallest absolute Gasteiger partial charge is 0.339 e. The maximum absolute atomic E-state index is 13.2. The van der Waals surface area contributed by atoms with E-state index in [0.29, 0.717) is 5.56 Å². The molecule has 0 saturated heterocycles. The molecule has 30 heavy (non-hydrogen) atoms. The highest BCUT2D eigenvalue weighted by atomic mass is 16.5. The highest BCUT2D eigenvalue weighted by Gasteiger charge is 2.31. The van der Waals surface area contributed by atoms with E-state index < -0.39 is 5.97 Å². The first-order valence-corrected chi connectivity index (χ1v) is 10.6. The van der Waals surface area contributed by atoms with Crippen molar-refractivity contribution < 1.29 is 14.3 Å². The fraction of sp³-hybridized carbons (Fsp3) is 0.320. The van der Waals surface area contributed by atoms with Gasteiger partial charge in [-0.2, -0.15) is 0 Å². The average Bonchev–Trinajstić information content (AvgIpc) is 3.11. The van der Waals surface area contributed by atoms with Gasteiger partial charge in [0.1, 0.15) is 0 Å². The van der Waals surface area contributed by atoms with Gasteiger partial charge in [-0.1, -0.05) is 36.4 Å². The molecule has 0 radical (unpaired) electrons. The maximum Gasteiger partial charge on any atom is 0.339 e. The van der Waals surface area contributed by atoms with E-state index in [1.807, 2.05) is 55.5 Å². The van der Waals surface area contributed by atoms with Crippen LogP contribution >= 0.6 is 0 Å². The molecule has 2 aromatic carbocycles. The fourth-order valence-corrected chi connectivity index (χ4v) is 4.82. The fourth-order valence-electron chi connectivity index (χ4n) is 4.82. The predicted molar refractivity (Wildman–Crippen MR) is 116 cm³/mol. The van der Waals surface area contributed by atoms with Crippen molar-refractivity contribution in [3.05, 3.63) is 70.9 Å². The Hall–Kier alpha value is -3.21. The molecule has 1 atom stereocenters. The average molecular weight is 400 g/mol. The number of rotatable bonds is 3. The second kappa shape index (κ2) is 7.56. The zero-order valence-electron chi connectivity index (χ0n) is 17.1. The van der Waals surface area contributed by atoms with Crippen molar-refractivity contribution in [3.63, 3.8) is 0 Å². The molecule has 0 saturated carbocycles. The van der Waals surface area contributed by atoms with Crippen LogP contribution in [0.1, 0.15) is 46.9 Å². The molecule has 1 aliphatic carbocycles. The van der Waals surface area contributed by atoms with Crippen LogP contribution in [0.5, 0.6) is 0 Å². The zero-order chi connectivity index (χ0) is 20.7. The number of carbonyl (C=O) groups is 2. The van der Waals surface area contributed by atoms with Gasteiger partial charge in [-0.05, 0) is 62.3 Å². The highest BCUT2D eigenvalue weighted by molar-refractivity contribution is 6.06. The van der Waals surface area contributed by atoms with Crippen molar-refractivity contribution in [3.8, 4) is 0 Å². The highest BCUT2D eigenvalue weighted by Crippen LogP contribution is 2.32. The number of pyridine rings is 1. The summed E-state index contributed by atoms with van der Waals surface area (Å²) in [6, 6.07) is 15.6. The summed E-state index contributed by atoms with van der Waals surface area (Å²) in [6.07, 6.45) is 4.63. The number of fused-ring (bicyclic) bond motifs is 3. The van der Waals surface area contributed by atoms with E-state index >= 15 is 0 Å². The second-order valence-corrected chi connectivity index (χ2v) is 8.16. The van der Waals surface area contributed by atoms with Gasteiger partial charge < -0.3 is 9.64 Å². The first kappa shape index (κ1) is 18.8. The number of nitrogens with zero attached hydrogens (tertiary/aromatic N) is 2. The van der Waals surface area contributed by atoms with Crippen LogP contribution in [0.25, 0.3) is 10.9 Å². The minimum atomic E-state index is -0.430. The Morgan fingerprint density at radius 2 is 1.83 bits per heavy atom. The van der Waals surface area contributed by atoms with Gasteiger partial charge in [0.25, 0.3) is 5.91 Å². The van der Waals surface area contributed by atoms with Gasteiger partial charge in [-0.3, -0.25) is 9.78 Å². The molecule has 5 heteroatoms. The molecule has 1 aliphatic heterocycles. The number of benzene rings is 2. The first-order chi connectivity index (χ1) is 14.6. The number of hydrogen-bond donors (Lipinski definition) is 0. The number of carbonyl (C=O) groups excluding carboxylic acids is 2. The summed E-state index contributed by atoms with van der Waals surface area (Å²) >= 11 is 0. The molecule has 0 unspecified atom stereocenters. The van der Waals surface area contributed by atoms with E-state index in [9.17, 15) is 9.59 Å². The number of aryl methyl sites for hydroxylation is 1. The Balaban J connectivity index is 1.41. The molecule has 0 fully saturated rings. The third kappa shape index (κ3) is 3.15. The van der Waals surface area contributed by atoms with Crippen LogP contribution in [0.2, 0.25) is 0 Å². The molecule has 3 aromatic rings. The molecule has 152 valence electrons. The van der Waals surface area contributed by atoms with E-state index in [-0.39, 0.29) is 18.6 Å². The van der Waals surface area contributed by atoms with Crippen LogP contribution in [-0.4, -0.2) is 29.5 Å². The Kier molecular flexibility index (Phi) is 4.74. The van der Waals surface area contributed by atoms with Gasteiger partial charge in [-0.25, -0.2) is 4.79 Å². The summed E-state index contributed by atoms with van der Waals surface area (Å²) in [7, 11) is 0. The molecule has 2 heterocycles. The van der Waals surface area contributed by atoms with Gasteiger partial charge >= 0.3 is 5.97 Å². The Morgan fingerprint density at radius 1 is 1.07 bits per heavy atom. The quantitative estimate of drug-likeness (QED) is 0.617. The lowest BCUT2D eigenvalue weighted by Gasteiger charge is -2.23. The largest absolute Gasteiger partial charge is 0.452 e. The normalized spacial score (nSPS) is 17.5. The van der Waals surface area contributed by atoms with Crippen molar-refractivity contribution in [1.82, 2.24) is 4.98 Å². The molecule has 1 amide bonds. The van der Waals surface area contributed by atoms with E-state index in [2.05, 4.69) is 0 Å². The first-order valence-electron chi connectivity index (χ1n) is 10.6. The zero-order valence-corrected chi connectivity index (χ0v) is 17.1. The molecule has 0 spiro atoms. The van der Waals surface area contributed by atoms with Gasteiger partial charge in [-0.15, -0.1) is 0 Å². The predicted octanol–water partition coefficient (Wildman–Crippen LogP) is 4.25. The third-order valence-electron chi connectivity index (χ3n) is 6.18. The Bertz CT molecular complexity index is 1150. The number of ether oxygens (including phenoxy) is 1. The third-order valence-corrected chi connectivity index (χ3v) is 6.18. The number of esters is 1. The van der Waals surface area contributed by atoms with Crippen molar-refractivity contribution in [1.29, 1.82) is 0 Å². The summed E-state index contributed by atoms with van der Waals surface area (Å²) in [5, 5.41) is 0.801. The van der Waals surface area contributed by atoms with Gasteiger partial charge in [0.05, 0.1) is 11.1 Å². The number of amides is 1. The topological polar surface area (TPSA) is 59.5 Å². The molecule has 0 N–H and O–H groups in total. The van der Waals surface area contributed by atoms with Gasteiger partial charge in [0, 0.05) is 22.8 Å². The van der Waals surface area contributed by atoms with Crippen LogP contribution in [0.3, 0.4) is 0 Å². The molecular weight excluding hydrogens is 376 g/mol. The monoisotopic (exact) mass is 400 g/mol. The minimum Gasteiger partial charge on any atom is -0.452 e. The number of para-hydroxylation sites is 2. The molecule has 1 aromatic heterocycles. The van der Waals surface area contributed by atoms with Gasteiger partial charge in [0.15, 0.2) is 6.61 Å². The van der Waals surface area contributed by atoms with Gasteiger partial charge in [0.2, 0.25) is 0 Å². The number of aromatic nitrogens is 1. The van der Waals surface area contributed by atoms with Crippen molar-refractivity contribution in [2.45, 2.75) is 45.1 Å². The number of hydrogen-bond acceptors (Lipinski definition) is 4. The number of anilines is 1. The van der Waals surface area contributed by atoms with Crippen LogP contribution in [-0.2, 0) is 28.8 Å². The molecular formula is C25H24N2O3. The van der Waals surface area contributed by atoms with E-state index in [4.69, 9.17) is 9.72 Å². The summed E-state index contributed by atoms with van der Waals surface area (Å²) < 4.78 is 5.58. The SMILES string of the molecule is C[C@@H]1Cc2ccccc2N1C(=O)COC(=O)c1c2c(nc3ccccc13)CCCC2. The maximum atomic E-state index is 13.2. The molecule has 5 nitrogen and oxygen atoms in total. The lowest BCUT2D eigenvalue weighted by atomic mass is 9.90. The van der Waals surface area contributed by atoms with Crippen LogP contribution in [0.15, 0.2) is 48.5 Å². The van der Waals surface area contributed by atoms with E-state index in [1.165, 1.54) is 0 Å². The lowest BCUT2D eigenvalue weighted by molar-refractivity contribution is -0.122. The second-order valence-electron chi connectivity index (χ2n) is 8.16. The Morgan fingerprint density at radius 3 is 2.73 bits per heavy atom. The molecule has 2 aliphatic rings. The Labute approximate surface area is 175 Å². The van der Waals surface area contributed by atoms with Crippen LogP contribution < -0.4 is 4.90 Å². The van der Waals surface area contributed by atoms with Crippen LogP contribution in [0.4, 0.5) is 5.69 Å². The minimum absolute atomic E-state index is 0.0584. The molecule has 0 bridgehead atoms. The summed E-state index contributed by atoms with van der Waals surface area (Å²) in [4.78, 5) is 32.6. The summed E-state index contributed by atoms with van der Waals surface area (Å²) in [5.41, 5.74) is 5.42. The van der Waals surface area contributed by atoms with E-state index in [1.54, 1.807) is 4.90 Å². The van der Waals surface area contributed by atoms with Crippen molar-refractivity contribution in [2.24, 2.45) is 0 Å². The van der Waals surface area contributed by atoms with Crippen LogP contribution in [0, 0.1) is 0 Å². The summed E-state index contributed by atoms with van der Waals surface area (Å²) in [5.74, 6) is -0.617. The van der Waals surface area contributed by atoms with Crippen molar-refractivity contribution in [2.75, 3.05) is 11.5 Å². The van der Waals surface area contributed by atoms with E-state index in [0.717, 1.165) is 65.5 Å². The summed E-state index contributed by atoms with van der Waals surface area (Å²) in [6.45, 7) is 1.76.